The van der Waals surface area contributed by atoms with Crippen LogP contribution in [0.15, 0.2) is 42.6 Å². The van der Waals surface area contributed by atoms with E-state index in [4.69, 9.17) is 0 Å². The van der Waals surface area contributed by atoms with Gasteiger partial charge in [0.2, 0.25) is 5.82 Å². The van der Waals surface area contributed by atoms with Crippen molar-refractivity contribution in [3.8, 4) is 0 Å². The molecule has 0 saturated heterocycles. The number of aryl methyl sites for hydroxylation is 2. The van der Waals surface area contributed by atoms with Crippen molar-refractivity contribution in [3.63, 3.8) is 0 Å². The van der Waals surface area contributed by atoms with Crippen LogP contribution in [0.5, 0.6) is 0 Å². The van der Waals surface area contributed by atoms with Crippen LogP contribution in [0.3, 0.4) is 0 Å². The summed E-state index contributed by atoms with van der Waals surface area (Å²) in [5.74, 6) is -0.462. The highest BCUT2D eigenvalue weighted by molar-refractivity contribution is 6.09. The molecule has 134 valence electrons. The molecule has 2 amide bonds. The summed E-state index contributed by atoms with van der Waals surface area (Å²) in [5, 5.41) is 5.71. The Labute approximate surface area is 152 Å². The quantitative estimate of drug-likeness (QED) is 0.758. The molecule has 0 saturated carbocycles. The van der Waals surface area contributed by atoms with Crippen molar-refractivity contribution in [2.75, 3.05) is 5.32 Å². The van der Waals surface area contributed by atoms with Crippen LogP contribution in [-0.2, 0) is 0 Å². The Kier molecular flexibility index (Phi) is 4.75. The highest BCUT2D eigenvalue weighted by Gasteiger charge is 2.22. The summed E-state index contributed by atoms with van der Waals surface area (Å²) in [6.45, 7) is 7.69. The Morgan fingerprint density at radius 3 is 2.54 bits per heavy atom. The number of imidazole rings is 1. The average molecular weight is 350 g/mol. The van der Waals surface area contributed by atoms with E-state index in [1.54, 1.807) is 22.7 Å². The summed E-state index contributed by atoms with van der Waals surface area (Å²) < 4.78 is 1.63. The first-order valence-electron chi connectivity index (χ1n) is 8.53. The van der Waals surface area contributed by atoms with E-state index in [1.807, 2.05) is 52.0 Å². The molecule has 0 aliphatic heterocycles. The molecule has 0 bridgehead atoms. The Balaban J connectivity index is 1.99. The standard InChI is InChI=1S/C20H22N4O2/c1-12(2)21-20(26)18-23-17(16-7-5-6-10-24(16)18)19(25)22-15-9-8-13(3)11-14(15)4/h5-12H,1-4H3,(H,21,26)(H,22,25). The lowest BCUT2D eigenvalue weighted by molar-refractivity contribution is 0.0932. The van der Waals surface area contributed by atoms with Gasteiger partial charge in [0.25, 0.3) is 11.8 Å². The molecule has 6 heteroatoms. The van der Waals surface area contributed by atoms with Crippen molar-refractivity contribution in [1.82, 2.24) is 14.7 Å². The fourth-order valence-corrected chi connectivity index (χ4v) is 2.83. The number of pyridine rings is 1. The lowest BCUT2D eigenvalue weighted by Crippen LogP contribution is -2.31. The zero-order chi connectivity index (χ0) is 18.8. The fourth-order valence-electron chi connectivity index (χ4n) is 2.83. The number of aromatic nitrogens is 2. The third kappa shape index (κ3) is 3.44. The minimum Gasteiger partial charge on any atom is -0.347 e. The average Bonchev–Trinajstić information content (AvgIpc) is 2.96. The van der Waals surface area contributed by atoms with E-state index in [0.29, 0.717) is 5.52 Å². The normalized spacial score (nSPS) is 11.0. The van der Waals surface area contributed by atoms with Gasteiger partial charge in [0, 0.05) is 17.9 Å². The molecule has 0 fully saturated rings. The summed E-state index contributed by atoms with van der Waals surface area (Å²) in [4.78, 5) is 29.6. The smallest absolute Gasteiger partial charge is 0.287 e. The highest BCUT2D eigenvalue weighted by Crippen LogP contribution is 2.19. The Morgan fingerprint density at radius 2 is 1.85 bits per heavy atom. The minimum atomic E-state index is -0.343. The van der Waals surface area contributed by atoms with Crippen LogP contribution in [0.25, 0.3) is 5.52 Å². The number of nitrogens with zero attached hydrogens (tertiary/aromatic N) is 2. The van der Waals surface area contributed by atoms with Crippen LogP contribution in [0, 0.1) is 13.8 Å². The molecule has 3 aromatic rings. The van der Waals surface area contributed by atoms with E-state index in [0.717, 1.165) is 16.8 Å². The number of carbonyl (C=O) groups is 2. The van der Waals surface area contributed by atoms with E-state index in [9.17, 15) is 9.59 Å². The second-order valence-electron chi connectivity index (χ2n) is 6.64. The summed E-state index contributed by atoms with van der Waals surface area (Å²) in [6.07, 6.45) is 1.73. The molecule has 3 rings (SSSR count). The van der Waals surface area contributed by atoms with E-state index in [1.165, 1.54) is 0 Å². The molecular formula is C20H22N4O2. The predicted octanol–water partition coefficient (Wildman–Crippen LogP) is 3.34. The number of rotatable bonds is 4. The molecular weight excluding hydrogens is 328 g/mol. The lowest BCUT2D eigenvalue weighted by atomic mass is 10.1. The van der Waals surface area contributed by atoms with Gasteiger partial charge in [-0.3, -0.25) is 14.0 Å². The Morgan fingerprint density at radius 1 is 1.08 bits per heavy atom. The van der Waals surface area contributed by atoms with Gasteiger partial charge < -0.3 is 10.6 Å². The van der Waals surface area contributed by atoms with Crippen LogP contribution < -0.4 is 10.6 Å². The van der Waals surface area contributed by atoms with Crippen molar-refractivity contribution < 1.29 is 9.59 Å². The summed E-state index contributed by atoms with van der Waals surface area (Å²) in [7, 11) is 0. The summed E-state index contributed by atoms with van der Waals surface area (Å²) in [6, 6.07) is 11.2. The van der Waals surface area contributed by atoms with Crippen LogP contribution >= 0.6 is 0 Å². The largest absolute Gasteiger partial charge is 0.347 e. The molecule has 2 heterocycles. The van der Waals surface area contributed by atoms with Gasteiger partial charge in [-0.1, -0.05) is 23.8 Å². The van der Waals surface area contributed by atoms with E-state index >= 15 is 0 Å². The van der Waals surface area contributed by atoms with Crippen LogP contribution in [0.1, 0.15) is 46.1 Å². The molecule has 0 aliphatic carbocycles. The van der Waals surface area contributed by atoms with Gasteiger partial charge in [0.05, 0.1) is 5.52 Å². The molecule has 26 heavy (non-hydrogen) atoms. The van der Waals surface area contributed by atoms with Gasteiger partial charge in [-0.25, -0.2) is 4.98 Å². The maximum Gasteiger partial charge on any atom is 0.287 e. The van der Waals surface area contributed by atoms with E-state index in [2.05, 4.69) is 15.6 Å². The number of hydrogen-bond acceptors (Lipinski definition) is 3. The second-order valence-corrected chi connectivity index (χ2v) is 6.64. The lowest BCUT2D eigenvalue weighted by Gasteiger charge is -2.08. The predicted molar refractivity (Wildman–Crippen MR) is 102 cm³/mol. The molecule has 1 aromatic carbocycles. The van der Waals surface area contributed by atoms with Gasteiger partial charge in [-0.15, -0.1) is 0 Å². The second kappa shape index (κ2) is 7.00. The van der Waals surface area contributed by atoms with Crippen LogP contribution in [-0.4, -0.2) is 27.2 Å². The first kappa shape index (κ1) is 17.7. The molecule has 2 aromatic heterocycles. The highest BCUT2D eigenvalue weighted by atomic mass is 16.2. The van der Waals surface area contributed by atoms with E-state index < -0.39 is 0 Å². The zero-order valence-electron chi connectivity index (χ0n) is 15.3. The minimum absolute atomic E-state index is 0.0222. The van der Waals surface area contributed by atoms with Gasteiger partial charge >= 0.3 is 0 Å². The number of amides is 2. The number of nitrogens with one attached hydrogen (secondary N) is 2. The topological polar surface area (TPSA) is 75.5 Å². The molecule has 0 radical (unpaired) electrons. The van der Waals surface area contributed by atoms with Gasteiger partial charge in [0.1, 0.15) is 0 Å². The van der Waals surface area contributed by atoms with Crippen LogP contribution in [0.4, 0.5) is 5.69 Å². The maximum absolute atomic E-state index is 12.8. The van der Waals surface area contributed by atoms with Crippen molar-refractivity contribution in [2.45, 2.75) is 33.7 Å². The molecule has 6 nitrogen and oxygen atoms in total. The fraction of sp³-hybridized carbons (Fsp3) is 0.250. The monoisotopic (exact) mass is 350 g/mol. The first-order valence-corrected chi connectivity index (χ1v) is 8.53. The van der Waals surface area contributed by atoms with Crippen LogP contribution in [0.2, 0.25) is 0 Å². The Bertz CT molecular complexity index is 989. The van der Waals surface area contributed by atoms with Crippen molar-refractivity contribution in [3.05, 3.63) is 65.2 Å². The van der Waals surface area contributed by atoms with Gasteiger partial charge in [-0.05, 0) is 51.5 Å². The number of benzene rings is 1. The number of carbonyl (C=O) groups excluding carboxylic acids is 2. The third-order valence-corrected chi connectivity index (χ3v) is 4.02. The van der Waals surface area contributed by atoms with Crippen molar-refractivity contribution in [1.29, 1.82) is 0 Å². The Hall–Kier alpha value is -3.15. The molecule has 0 aliphatic rings. The number of anilines is 1. The summed E-state index contributed by atoms with van der Waals surface area (Å²) in [5.41, 5.74) is 3.63. The number of fused-ring (bicyclic) bond motifs is 1. The first-order chi connectivity index (χ1) is 12.4. The molecule has 2 N–H and O–H groups in total. The molecule has 0 spiro atoms. The third-order valence-electron chi connectivity index (χ3n) is 4.02. The maximum atomic E-state index is 12.8. The SMILES string of the molecule is Cc1ccc(NC(=O)c2nc(C(=O)NC(C)C)n3ccccc23)c(C)c1. The summed E-state index contributed by atoms with van der Waals surface area (Å²) >= 11 is 0. The zero-order valence-corrected chi connectivity index (χ0v) is 15.3. The molecule has 0 atom stereocenters. The molecule has 0 unspecified atom stereocenters. The number of hydrogen-bond donors (Lipinski definition) is 2. The van der Waals surface area contributed by atoms with Crippen molar-refractivity contribution >= 4 is 23.0 Å². The van der Waals surface area contributed by atoms with Gasteiger partial charge in [0.15, 0.2) is 5.69 Å². The van der Waals surface area contributed by atoms with Gasteiger partial charge in [-0.2, -0.15) is 0 Å². The van der Waals surface area contributed by atoms with E-state index in [-0.39, 0.29) is 29.4 Å². The van der Waals surface area contributed by atoms with Crippen molar-refractivity contribution in [2.24, 2.45) is 0 Å².